The van der Waals surface area contributed by atoms with Gasteiger partial charge >= 0.3 is 0 Å². The molecule has 16 heavy (non-hydrogen) atoms. The van der Waals surface area contributed by atoms with E-state index in [0.717, 1.165) is 0 Å². The minimum Gasteiger partial charge on any atom is -0.394 e. The number of aryl methyl sites for hydroxylation is 1. The van der Waals surface area contributed by atoms with Crippen LogP contribution in [-0.4, -0.2) is 27.7 Å². The van der Waals surface area contributed by atoms with E-state index < -0.39 is 5.54 Å². The van der Waals surface area contributed by atoms with Gasteiger partial charge in [0.25, 0.3) is 5.91 Å². The van der Waals surface area contributed by atoms with Crippen LogP contribution in [0.2, 0.25) is 5.02 Å². The van der Waals surface area contributed by atoms with Crippen molar-refractivity contribution >= 4 is 17.5 Å². The fraction of sp³-hybridized carbons (Fsp3) is 0.545. The van der Waals surface area contributed by atoms with Crippen LogP contribution < -0.4 is 5.32 Å². The lowest BCUT2D eigenvalue weighted by Crippen LogP contribution is -2.48. The summed E-state index contributed by atoms with van der Waals surface area (Å²) in [5, 5.41) is 12.5. The second-order valence-corrected chi connectivity index (χ2v) is 4.62. The van der Waals surface area contributed by atoms with Crippen molar-refractivity contribution < 1.29 is 9.90 Å². The van der Waals surface area contributed by atoms with Gasteiger partial charge in [0, 0.05) is 13.2 Å². The summed E-state index contributed by atoms with van der Waals surface area (Å²) in [4.78, 5) is 11.9. The molecular weight excluding hydrogens is 228 g/mol. The van der Waals surface area contributed by atoms with E-state index in [2.05, 4.69) is 5.32 Å². The number of amides is 1. The van der Waals surface area contributed by atoms with Gasteiger partial charge in [-0.15, -0.1) is 0 Å². The van der Waals surface area contributed by atoms with Crippen molar-refractivity contribution in [3.63, 3.8) is 0 Å². The van der Waals surface area contributed by atoms with Gasteiger partial charge in [0.2, 0.25) is 0 Å². The molecule has 0 aliphatic heterocycles. The van der Waals surface area contributed by atoms with Crippen LogP contribution >= 0.6 is 11.6 Å². The molecule has 1 amide bonds. The standard InChI is InChI=1S/C11H17ClN2O2/c1-4-11(2,7-15)13-10(16)9-5-8(12)6-14(9)3/h5-6,15H,4,7H2,1-3H3,(H,13,16). The number of hydrogen-bond acceptors (Lipinski definition) is 2. The Morgan fingerprint density at radius 1 is 1.69 bits per heavy atom. The zero-order valence-electron chi connectivity index (χ0n) is 9.75. The van der Waals surface area contributed by atoms with Crippen LogP contribution in [0.5, 0.6) is 0 Å². The van der Waals surface area contributed by atoms with Crippen molar-refractivity contribution in [1.29, 1.82) is 0 Å². The first-order valence-corrected chi connectivity index (χ1v) is 5.55. The average molecular weight is 245 g/mol. The molecule has 0 bridgehead atoms. The maximum atomic E-state index is 11.9. The van der Waals surface area contributed by atoms with Crippen LogP contribution in [0, 0.1) is 0 Å². The van der Waals surface area contributed by atoms with E-state index in [1.807, 2.05) is 6.92 Å². The number of hydrogen-bond donors (Lipinski definition) is 2. The van der Waals surface area contributed by atoms with Crippen molar-refractivity contribution in [2.45, 2.75) is 25.8 Å². The van der Waals surface area contributed by atoms with Gasteiger partial charge in [-0.1, -0.05) is 18.5 Å². The Balaban J connectivity index is 2.84. The Hall–Kier alpha value is -1.00. The van der Waals surface area contributed by atoms with Gasteiger partial charge in [0.1, 0.15) is 5.69 Å². The molecule has 1 aromatic rings. The third-order valence-corrected chi connectivity index (χ3v) is 2.96. The number of nitrogens with zero attached hydrogens (tertiary/aromatic N) is 1. The second-order valence-electron chi connectivity index (χ2n) is 4.18. The van der Waals surface area contributed by atoms with Gasteiger partial charge in [-0.25, -0.2) is 0 Å². The second kappa shape index (κ2) is 4.89. The summed E-state index contributed by atoms with van der Waals surface area (Å²) in [6.07, 6.45) is 2.33. The molecule has 5 heteroatoms. The lowest BCUT2D eigenvalue weighted by molar-refractivity contribution is 0.0839. The van der Waals surface area contributed by atoms with Crippen molar-refractivity contribution in [1.82, 2.24) is 9.88 Å². The summed E-state index contributed by atoms with van der Waals surface area (Å²) in [6, 6.07) is 1.60. The van der Waals surface area contributed by atoms with Crippen LogP contribution in [0.1, 0.15) is 30.8 Å². The topological polar surface area (TPSA) is 54.3 Å². The summed E-state index contributed by atoms with van der Waals surface area (Å²) in [5.41, 5.74) is -0.105. The molecule has 1 heterocycles. The fourth-order valence-corrected chi connectivity index (χ4v) is 1.58. The van der Waals surface area contributed by atoms with E-state index in [0.29, 0.717) is 17.1 Å². The lowest BCUT2D eigenvalue weighted by atomic mass is 10.0. The molecule has 1 atom stereocenters. The van der Waals surface area contributed by atoms with Gasteiger partial charge in [0.15, 0.2) is 0 Å². The molecule has 1 aromatic heterocycles. The maximum absolute atomic E-state index is 11.9. The first kappa shape index (κ1) is 13.1. The molecule has 0 radical (unpaired) electrons. The van der Waals surface area contributed by atoms with Crippen LogP contribution in [-0.2, 0) is 7.05 Å². The minimum absolute atomic E-state index is 0.0899. The molecule has 0 aliphatic carbocycles. The van der Waals surface area contributed by atoms with E-state index in [-0.39, 0.29) is 12.5 Å². The Kier molecular flexibility index (Phi) is 3.99. The maximum Gasteiger partial charge on any atom is 0.268 e. The van der Waals surface area contributed by atoms with Crippen LogP contribution in [0.3, 0.4) is 0 Å². The summed E-state index contributed by atoms with van der Waals surface area (Å²) >= 11 is 5.80. The third-order valence-electron chi connectivity index (χ3n) is 2.75. The quantitative estimate of drug-likeness (QED) is 0.845. The summed E-state index contributed by atoms with van der Waals surface area (Å²) in [5.74, 6) is -0.229. The highest BCUT2D eigenvalue weighted by atomic mass is 35.5. The Bertz CT molecular complexity index is 383. The van der Waals surface area contributed by atoms with Crippen LogP contribution in [0.15, 0.2) is 12.3 Å². The van der Waals surface area contributed by atoms with Gasteiger partial charge in [-0.2, -0.15) is 0 Å². The predicted molar refractivity (Wildman–Crippen MR) is 63.7 cm³/mol. The zero-order chi connectivity index (χ0) is 12.3. The molecule has 90 valence electrons. The molecule has 0 saturated carbocycles. The van der Waals surface area contributed by atoms with Gasteiger partial charge < -0.3 is 15.0 Å². The normalized spacial score (nSPS) is 14.6. The number of carbonyl (C=O) groups excluding carboxylic acids is 1. The monoisotopic (exact) mass is 244 g/mol. The van der Waals surface area contributed by atoms with Crippen molar-refractivity contribution in [2.24, 2.45) is 7.05 Å². The summed E-state index contributed by atoms with van der Waals surface area (Å²) in [7, 11) is 1.75. The fourth-order valence-electron chi connectivity index (χ4n) is 1.33. The molecule has 2 N–H and O–H groups in total. The Morgan fingerprint density at radius 3 is 2.69 bits per heavy atom. The highest BCUT2D eigenvalue weighted by Crippen LogP contribution is 2.15. The van der Waals surface area contributed by atoms with E-state index >= 15 is 0 Å². The molecule has 0 saturated heterocycles. The number of aromatic nitrogens is 1. The van der Waals surface area contributed by atoms with E-state index in [1.165, 1.54) is 0 Å². The third kappa shape index (κ3) is 2.77. The predicted octanol–water partition coefficient (Wildman–Crippen LogP) is 1.57. The molecule has 0 spiro atoms. The van der Waals surface area contributed by atoms with Crippen molar-refractivity contribution in [3.8, 4) is 0 Å². The van der Waals surface area contributed by atoms with E-state index in [9.17, 15) is 9.90 Å². The Labute approximate surface area is 100 Å². The average Bonchev–Trinajstić information content (AvgIpc) is 2.57. The molecule has 4 nitrogen and oxygen atoms in total. The Morgan fingerprint density at radius 2 is 2.31 bits per heavy atom. The van der Waals surface area contributed by atoms with Crippen molar-refractivity contribution in [3.05, 3.63) is 23.0 Å². The van der Waals surface area contributed by atoms with Gasteiger partial charge in [-0.3, -0.25) is 4.79 Å². The van der Waals surface area contributed by atoms with Crippen molar-refractivity contribution in [2.75, 3.05) is 6.61 Å². The largest absolute Gasteiger partial charge is 0.394 e. The first-order valence-electron chi connectivity index (χ1n) is 5.17. The number of nitrogens with one attached hydrogen (secondary N) is 1. The minimum atomic E-state index is -0.589. The molecule has 0 aliphatic rings. The number of aliphatic hydroxyl groups excluding tert-OH is 1. The van der Waals surface area contributed by atoms with E-state index in [4.69, 9.17) is 11.6 Å². The smallest absolute Gasteiger partial charge is 0.268 e. The van der Waals surface area contributed by atoms with Crippen LogP contribution in [0.4, 0.5) is 0 Å². The molecule has 0 fully saturated rings. The van der Waals surface area contributed by atoms with E-state index in [1.54, 1.807) is 30.8 Å². The molecule has 1 unspecified atom stereocenters. The first-order chi connectivity index (χ1) is 7.41. The molecular formula is C11H17ClN2O2. The highest BCUT2D eigenvalue weighted by Gasteiger charge is 2.24. The molecule has 0 aromatic carbocycles. The summed E-state index contributed by atoms with van der Waals surface area (Å²) in [6.45, 7) is 3.62. The van der Waals surface area contributed by atoms with Crippen LogP contribution in [0.25, 0.3) is 0 Å². The lowest BCUT2D eigenvalue weighted by Gasteiger charge is -2.27. The number of carbonyl (C=O) groups is 1. The van der Waals surface area contributed by atoms with Gasteiger partial charge in [0.05, 0.1) is 17.2 Å². The number of aliphatic hydroxyl groups is 1. The zero-order valence-corrected chi connectivity index (χ0v) is 10.5. The molecule has 1 rings (SSSR count). The number of halogens is 1. The SMILES string of the molecule is CCC(C)(CO)NC(=O)c1cc(Cl)cn1C. The number of rotatable bonds is 4. The highest BCUT2D eigenvalue weighted by molar-refractivity contribution is 6.31. The van der Waals surface area contributed by atoms with Gasteiger partial charge in [-0.05, 0) is 19.4 Å². The summed E-state index contributed by atoms with van der Waals surface area (Å²) < 4.78 is 1.66.